The van der Waals surface area contributed by atoms with E-state index in [9.17, 15) is 0 Å². The Labute approximate surface area is 112 Å². The molecule has 0 bridgehead atoms. The Kier molecular flexibility index (Phi) is 3.27. The van der Waals surface area contributed by atoms with Gasteiger partial charge in [0.15, 0.2) is 0 Å². The number of aryl methyl sites for hydroxylation is 1. The highest BCUT2D eigenvalue weighted by Gasteiger charge is 2.09. The van der Waals surface area contributed by atoms with E-state index >= 15 is 0 Å². The fourth-order valence-electron chi connectivity index (χ4n) is 2.33. The second kappa shape index (κ2) is 5.22. The van der Waals surface area contributed by atoms with Crippen LogP contribution in [0.25, 0.3) is 16.7 Å². The van der Waals surface area contributed by atoms with E-state index in [-0.39, 0.29) is 0 Å². The number of fused-ring (bicyclic) bond motifs is 1. The van der Waals surface area contributed by atoms with Crippen molar-refractivity contribution in [3.8, 4) is 5.69 Å². The van der Waals surface area contributed by atoms with Gasteiger partial charge in [0.05, 0.1) is 11.2 Å². The molecule has 0 radical (unpaired) electrons. The SMILES string of the molecule is CCCCc1cccc2c1nnn2-c1ccccc1. The average Bonchev–Trinajstić information content (AvgIpc) is 2.90. The summed E-state index contributed by atoms with van der Waals surface area (Å²) in [5, 5.41) is 8.66. The standard InChI is InChI=1S/C16H17N3/c1-2-3-8-13-9-7-12-15-16(13)17-18-19(15)14-10-5-4-6-11-14/h4-7,9-12H,2-3,8H2,1H3. The first-order chi connectivity index (χ1) is 9.40. The molecular formula is C16H17N3. The predicted molar refractivity (Wildman–Crippen MR) is 77.5 cm³/mol. The van der Waals surface area contributed by atoms with Gasteiger partial charge in [0.2, 0.25) is 0 Å². The fraction of sp³-hybridized carbons (Fsp3) is 0.250. The van der Waals surface area contributed by atoms with Gasteiger partial charge in [-0.3, -0.25) is 0 Å². The van der Waals surface area contributed by atoms with Crippen molar-refractivity contribution in [2.75, 3.05) is 0 Å². The van der Waals surface area contributed by atoms with Crippen molar-refractivity contribution in [2.45, 2.75) is 26.2 Å². The van der Waals surface area contributed by atoms with Crippen molar-refractivity contribution in [3.63, 3.8) is 0 Å². The van der Waals surface area contributed by atoms with E-state index in [0.29, 0.717) is 0 Å². The van der Waals surface area contributed by atoms with E-state index in [1.807, 2.05) is 35.0 Å². The molecule has 1 aromatic heterocycles. The molecule has 3 rings (SSSR count). The Morgan fingerprint density at radius 2 is 1.84 bits per heavy atom. The van der Waals surface area contributed by atoms with Gasteiger partial charge in [-0.2, -0.15) is 0 Å². The minimum absolute atomic E-state index is 1.03. The summed E-state index contributed by atoms with van der Waals surface area (Å²) in [5.41, 5.74) is 4.46. The molecule has 0 saturated carbocycles. The molecule has 3 heteroatoms. The minimum atomic E-state index is 1.03. The quantitative estimate of drug-likeness (QED) is 0.706. The van der Waals surface area contributed by atoms with Crippen LogP contribution in [0.15, 0.2) is 48.5 Å². The van der Waals surface area contributed by atoms with Gasteiger partial charge in [-0.05, 0) is 36.6 Å². The highest BCUT2D eigenvalue weighted by Crippen LogP contribution is 2.20. The Hall–Kier alpha value is -2.16. The van der Waals surface area contributed by atoms with Crippen molar-refractivity contribution >= 4 is 11.0 Å². The minimum Gasteiger partial charge on any atom is -0.213 e. The van der Waals surface area contributed by atoms with Crippen molar-refractivity contribution in [1.29, 1.82) is 0 Å². The molecule has 1 heterocycles. The van der Waals surface area contributed by atoms with Crippen molar-refractivity contribution in [2.24, 2.45) is 0 Å². The lowest BCUT2D eigenvalue weighted by Gasteiger charge is -2.03. The topological polar surface area (TPSA) is 30.7 Å². The molecule has 3 aromatic rings. The van der Waals surface area contributed by atoms with Gasteiger partial charge < -0.3 is 0 Å². The van der Waals surface area contributed by atoms with E-state index in [1.54, 1.807) is 0 Å². The number of para-hydroxylation sites is 1. The summed E-state index contributed by atoms with van der Waals surface area (Å²) in [5.74, 6) is 0. The molecule has 0 aliphatic carbocycles. The zero-order valence-corrected chi connectivity index (χ0v) is 11.1. The summed E-state index contributed by atoms with van der Waals surface area (Å²) in [7, 11) is 0. The van der Waals surface area contributed by atoms with Gasteiger partial charge in [-0.25, -0.2) is 4.68 Å². The first kappa shape index (κ1) is 11.9. The zero-order chi connectivity index (χ0) is 13.1. The maximum absolute atomic E-state index is 4.36. The molecule has 2 aromatic carbocycles. The fourth-order valence-corrected chi connectivity index (χ4v) is 2.33. The second-order valence-electron chi connectivity index (χ2n) is 4.73. The lowest BCUT2D eigenvalue weighted by Crippen LogP contribution is -1.95. The van der Waals surface area contributed by atoms with E-state index in [0.717, 1.165) is 23.1 Å². The summed E-state index contributed by atoms with van der Waals surface area (Å²) in [6.07, 6.45) is 3.46. The van der Waals surface area contributed by atoms with Gasteiger partial charge in [0.1, 0.15) is 5.52 Å². The lowest BCUT2D eigenvalue weighted by atomic mass is 10.1. The molecule has 0 atom stereocenters. The Balaban J connectivity index is 2.09. The van der Waals surface area contributed by atoms with Crippen molar-refractivity contribution in [3.05, 3.63) is 54.1 Å². The van der Waals surface area contributed by atoms with Crippen LogP contribution >= 0.6 is 0 Å². The van der Waals surface area contributed by atoms with Crippen LogP contribution in [-0.4, -0.2) is 15.0 Å². The monoisotopic (exact) mass is 251 g/mol. The smallest absolute Gasteiger partial charge is 0.116 e. The van der Waals surface area contributed by atoms with Crippen LogP contribution in [0.5, 0.6) is 0 Å². The third-order valence-corrected chi connectivity index (χ3v) is 3.36. The molecule has 0 aliphatic heterocycles. The normalized spacial score (nSPS) is 11.0. The Morgan fingerprint density at radius 3 is 2.63 bits per heavy atom. The molecule has 19 heavy (non-hydrogen) atoms. The molecule has 0 unspecified atom stereocenters. The number of benzene rings is 2. The van der Waals surface area contributed by atoms with Crippen LogP contribution < -0.4 is 0 Å². The molecule has 3 nitrogen and oxygen atoms in total. The molecular weight excluding hydrogens is 234 g/mol. The van der Waals surface area contributed by atoms with Crippen LogP contribution in [0, 0.1) is 0 Å². The van der Waals surface area contributed by atoms with Crippen LogP contribution in [0.4, 0.5) is 0 Å². The predicted octanol–water partition coefficient (Wildman–Crippen LogP) is 3.76. The van der Waals surface area contributed by atoms with Gasteiger partial charge >= 0.3 is 0 Å². The van der Waals surface area contributed by atoms with Crippen LogP contribution in [0.2, 0.25) is 0 Å². The highest BCUT2D eigenvalue weighted by atomic mass is 15.4. The van der Waals surface area contributed by atoms with Crippen molar-refractivity contribution in [1.82, 2.24) is 15.0 Å². The molecule has 0 amide bonds. The number of unbranched alkanes of at least 4 members (excludes halogenated alkanes) is 1. The lowest BCUT2D eigenvalue weighted by molar-refractivity contribution is 0.795. The van der Waals surface area contributed by atoms with Gasteiger partial charge in [-0.1, -0.05) is 48.9 Å². The van der Waals surface area contributed by atoms with Crippen molar-refractivity contribution < 1.29 is 0 Å². The van der Waals surface area contributed by atoms with Crippen LogP contribution in [-0.2, 0) is 6.42 Å². The van der Waals surface area contributed by atoms with Crippen LogP contribution in [0.3, 0.4) is 0 Å². The molecule has 0 fully saturated rings. The molecule has 0 N–H and O–H groups in total. The Morgan fingerprint density at radius 1 is 1.00 bits per heavy atom. The summed E-state index contributed by atoms with van der Waals surface area (Å²) >= 11 is 0. The highest BCUT2D eigenvalue weighted by molar-refractivity contribution is 5.79. The number of hydrogen-bond acceptors (Lipinski definition) is 2. The first-order valence-electron chi connectivity index (χ1n) is 6.79. The average molecular weight is 251 g/mol. The van der Waals surface area contributed by atoms with E-state index < -0.39 is 0 Å². The van der Waals surface area contributed by atoms with E-state index in [4.69, 9.17) is 0 Å². The second-order valence-corrected chi connectivity index (χ2v) is 4.73. The maximum Gasteiger partial charge on any atom is 0.116 e. The number of rotatable bonds is 4. The van der Waals surface area contributed by atoms with E-state index in [2.05, 4.69) is 35.4 Å². The molecule has 0 aliphatic rings. The molecule has 0 spiro atoms. The summed E-state index contributed by atoms with van der Waals surface area (Å²) in [6, 6.07) is 16.5. The third-order valence-electron chi connectivity index (χ3n) is 3.36. The Bertz CT molecular complexity index is 671. The number of nitrogens with zero attached hydrogens (tertiary/aromatic N) is 3. The number of aromatic nitrogens is 3. The molecule has 0 saturated heterocycles. The summed E-state index contributed by atoms with van der Waals surface area (Å²) in [6.45, 7) is 2.21. The van der Waals surface area contributed by atoms with Gasteiger partial charge in [-0.15, -0.1) is 5.10 Å². The maximum atomic E-state index is 4.36. The molecule has 96 valence electrons. The van der Waals surface area contributed by atoms with Gasteiger partial charge in [0.25, 0.3) is 0 Å². The first-order valence-corrected chi connectivity index (χ1v) is 6.79. The summed E-state index contributed by atoms with van der Waals surface area (Å²) in [4.78, 5) is 0. The van der Waals surface area contributed by atoms with Crippen LogP contribution in [0.1, 0.15) is 25.3 Å². The summed E-state index contributed by atoms with van der Waals surface area (Å²) < 4.78 is 1.91. The zero-order valence-electron chi connectivity index (χ0n) is 11.1. The largest absolute Gasteiger partial charge is 0.213 e. The number of hydrogen-bond donors (Lipinski definition) is 0. The third kappa shape index (κ3) is 2.24. The van der Waals surface area contributed by atoms with Gasteiger partial charge in [0, 0.05) is 0 Å². The van der Waals surface area contributed by atoms with E-state index in [1.165, 1.54) is 18.4 Å².